The predicted molar refractivity (Wildman–Crippen MR) is 275 cm³/mol. The number of aliphatic hydroxyl groups is 10. The van der Waals surface area contributed by atoms with E-state index in [1.54, 1.807) is 106 Å². The minimum absolute atomic E-state index is 0.120. The van der Waals surface area contributed by atoms with Crippen LogP contribution >= 0.6 is 0 Å². The van der Waals surface area contributed by atoms with Crippen LogP contribution in [0.1, 0.15) is 84.6 Å². The van der Waals surface area contributed by atoms with Crippen molar-refractivity contribution < 1.29 is 94.4 Å². The summed E-state index contributed by atoms with van der Waals surface area (Å²) < 4.78 is 29.1. The lowest BCUT2D eigenvalue weighted by atomic mass is 9.79. The lowest BCUT2D eigenvalue weighted by molar-refractivity contribution is -0.308. The van der Waals surface area contributed by atoms with E-state index in [9.17, 15) is 70.8 Å². The number of anilines is 1. The van der Waals surface area contributed by atoms with Crippen molar-refractivity contribution in [2.24, 2.45) is 17.8 Å². The van der Waals surface area contributed by atoms with Gasteiger partial charge in [0.15, 0.2) is 12.1 Å². The number of fused-ring (bicyclic) bond motifs is 3. The predicted octanol–water partition coefficient (Wildman–Crippen LogP) is 1.08. The Hall–Kier alpha value is -4.40. The molecule has 0 aromatic heterocycles. The fourth-order valence-corrected chi connectivity index (χ4v) is 9.60. The molecule has 0 aliphatic carbocycles. The van der Waals surface area contributed by atoms with Gasteiger partial charge in [0, 0.05) is 43.2 Å². The molecular formula is C54H78BNO19. The number of nitrogens with one attached hydrogen (secondary N) is 1. The lowest BCUT2D eigenvalue weighted by Crippen LogP contribution is -2.61. The highest BCUT2D eigenvalue weighted by molar-refractivity contribution is 6.61. The van der Waals surface area contributed by atoms with Crippen LogP contribution in [0.2, 0.25) is 0 Å². The van der Waals surface area contributed by atoms with Crippen LogP contribution in [-0.4, -0.2) is 178 Å². The third-order valence-corrected chi connectivity index (χ3v) is 14.1. The molecule has 416 valence electrons. The van der Waals surface area contributed by atoms with E-state index in [0.717, 1.165) is 5.56 Å². The summed E-state index contributed by atoms with van der Waals surface area (Å²) in [5.74, 6) is -6.96. The van der Waals surface area contributed by atoms with Gasteiger partial charge in [-0.05, 0) is 56.3 Å². The molecule has 13 N–H and O–H groups in total. The highest BCUT2D eigenvalue weighted by Gasteiger charge is 2.51. The Morgan fingerprint density at radius 2 is 1.33 bits per heavy atom. The van der Waals surface area contributed by atoms with Gasteiger partial charge in [0.2, 0.25) is 0 Å². The molecule has 0 saturated carbocycles. The zero-order valence-electron chi connectivity index (χ0n) is 42.9. The Morgan fingerprint density at radius 3 is 1.97 bits per heavy atom. The number of allylic oxidation sites excluding steroid dienone is 12. The zero-order chi connectivity index (χ0) is 55.0. The number of hydrogen-bond acceptors (Lipinski definition) is 19. The van der Waals surface area contributed by atoms with Gasteiger partial charge in [-0.15, -0.1) is 0 Å². The molecule has 0 unspecified atom stereocenters. The number of carbonyl (C=O) groups is 2. The largest absolute Gasteiger partial charge is 0.491 e. The Balaban J connectivity index is 1.37. The van der Waals surface area contributed by atoms with E-state index in [2.05, 4.69) is 5.32 Å². The first-order chi connectivity index (χ1) is 35.5. The lowest BCUT2D eigenvalue weighted by Gasteiger charge is -2.45. The Kier molecular flexibility index (Phi) is 24.1. The first kappa shape index (κ1) is 61.5. The second kappa shape index (κ2) is 29.4. The number of aliphatic hydroxyl groups excluding tert-OH is 9. The van der Waals surface area contributed by atoms with E-state index in [-0.39, 0.29) is 38.2 Å². The molecule has 21 heteroatoms. The van der Waals surface area contributed by atoms with Gasteiger partial charge in [0.25, 0.3) is 0 Å². The van der Waals surface area contributed by atoms with Crippen molar-refractivity contribution in [1.29, 1.82) is 0 Å². The summed E-state index contributed by atoms with van der Waals surface area (Å²) in [4.78, 5) is 25.4. The Morgan fingerprint density at radius 1 is 0.707 bits per heavy atom. The van der Waals surface area contributed by atoms with E-state index in [0.29, 0.717) is 11.2 Å². The van der Waals surface area contributed by atoms with Crippen molar-refractivity contribution >= 4 is 30.2 Å². The fraction of sp³-hybridized carbons (Fsp3) is 0.593. The summed E-state index contributed by atoms with van der Waals surface area (Å²) in [6.07, 6.45) is 2.83. The first-order valence-corrected chi connectivity index (χ1v) is 25.7. The molecule has 20 nitrogen and oxygen atoms in total. The first-order valence-electron chi connectivity index (χ1n) is 25.7. The molecular weight excluding hydrogens is 977 g/mol. The SMILES string of the molecule is C[C@@H]1[C@H](O)[C@@H](C)C=CC=CC=CC=CC=CC=CC=C[C@H](O[C@@H]2O[C@H](C)[C@@H](O)[C@H](Nc3ccc4c(c3)B(O)OC4)[C@@H]2O)C[C@@H]2O[C@](O)(C[C@@H](O)C[C@@H](O)[C@H](O)CC[C@@H](O)C[C@@H](O)CC(=O)O[C@H]1C)C[C@H](O)[C@H]2C(=O)O. The average Bonchev–Trinajstić information content (AvgIpc) is 3.71. The molecule has 4 aliphatic rings. The number of carboxylic acids is 1. The molecule has 75 heavy (non-hydrogen) atoms. The molecule has 2 fully saturated rings. The molecule has 19 atom stereocenters. The number of aliphatic carboxylic acids is 1. The molecule has 1 aromatic rings. The van der Waals surface area contributed by atoms with Gasteiger partial charge in [-0.2, -0.15) is 0 Å². The second-order valence-electron chi connectivity index (χ2n) is 20.2. The van der Waals surface area contributed by atoms with Gasteiger partial charge < -0.3 is 90.1 Å². The summed E-state index contributed by atoms with van der Waals surface area (Å²) in [7, 11) is -1.15. The number of rotatable bonds is 5. The number of benzene rings is 1. The number of cyclic esters (lactones) is 1. The molecule has 0 radical (unpaired) electrons. The summed E-state index contributed by atoms with van der Waals surface area (Å²) in [6, 6.07) is 4.00. The molecule has 0 spiro atoms. The van der Waals surface area contributed by atoms with Crippen molar-refractivity contribution in [3.05, 3.63) is 109 Å². The minimum atomic E-state index is -2.37. The maximum absolute atomic E-state index is 12.7. The zero-order valence-corrected chi connectivity index (χ0v) is 42.9. The van der Waals surface area contributed by atoms with Crippen LogP contribution in [-0.2, 0) is 39.8 Å². The van der Waals surface area contributed by atoms with E-state index >= 15 is 0 Å². The number of esters is 1. The van der Waals surface area contributed by atoms with Crippen molar-refractivity contribution in [3.8, 4) is 0 Å². The molecule has 4 heterocycles. The van der Waals surface area contributed by atoms with Crippen molar-refractivity contribution in [2.75, 3.05) is 5.32 Å². The third-order valence-electron chi connectivity index (χ3n) is 14.1. The maximum Gasteiger partial charge on any atom is 0.491 e. The molecule has 2 bridgehead atoms. The Labute approximate surface area is 438 Å². The number of carbonyl (C=O) groups excluding carboxylic acids is 1. The highest BCUT2D eigenvalue weighted by atomic mass is 16.7. The molecule has 4 aliphatic heterocycles. The van der Waals surface area contributed by atoms with Gasteiger partial charge >= 0.3 is 19.1 Å². The van der Waals surface area contributed by atoms with E-state index < -0.39 is 154 Å². The summed E-state index contributed by atoms with van der Waals surface area (Å²) in [6.45, 7) is 6.99. The molecule has 2 saturated heterocycles. The highest BCUT2D eigenvalue weighted by Crippen LogP contribution is 2.38. The van der Waals surface area contributed by atoms with Crippen molar-refractivity contribution in [1.82, 2.24) is 0 Å². The van der Waals surface area contributed by atoms with Gasteiger partial charge in [-0.3, -0.25) is 9.59 Å². The Bertz CT molecular complexity index is 2190. The van der Waals surface area contributed by atoms with E-state index in [4.69, 9.17) is 23.6 Å². The third kappa shape index (κ3) is 18.6. The molecule has 1 aromatic carbocycles. The maximum atomic E-state index is 12.7. The quantitative estimate of drug-likeness (QED) is 0.145. The summed E-state index contributed by atoms with van der Waals surface area (Å²) in [5, 5.41) is 134. The van der Waals surface area contributed by atoms with Crippen molar-refractivity contribution in [2.45, 2.75) is 183 Å². The number of carboxylic acid groups (broad SMARTS) is 1. The summed E-state index contributed by atoms with van der Waals surface area (Å²) in [5.41, 5.74) is 1.74. The van der Waals surface area contributed by atoms with Crippen LogP contribution in [0.15, 0.2) is 103 Å². The number of hydrogen-bond donors (Lipinski definition) is 13. The van der Waals surface area contributed by atoms with E-state index in [1.807, 2.05) is 19.1 Å². The van der Waals surface area contributed by atoms with Gasteiger partial charge in [0.05, 0.1) is 80.1 Å². The van der Waals surface area contributed by atoms with Crippen LogP contribution in [0.5, 0.6) is 0 Å². The fourth-order valence-electron chi connectivity index (χ4n) is 9.60. The van der Waals surface area contributed by atoms with Crippen LogP contribution in [0.25, 0.3) is 0 Å². The second-order valence-corrected chi connectivity index (χ2v) is 20.2. The van der Waals surface area contributed by atoms with Crippen LogP contribution in [0.4, 0.5) is 5.69 Å². The van der Waals surface area contributed by atoms with Crippen LogP contribution in [0, 0.1) is 17.8 Å². The van der Waals surface area contributed by atoms with Gasteiger partial charge in [-0.25, -0.2) is 0 Å². The molecule has 0 amide bonds. The average molecular weight is 1060 g/mol. The van der Waals surface area contributed by atoms with Gasteiger partial charge in [-0.1, -0.05) is 105 Å². The smallest absolute Gasteiger partial charge is 0.481 e. The van der Waals surface area contributed by atoms with Crippen molar-refractivity contribution in [3.63, 3.8) is 0 Å². The van der Waals surface area contributed by atoms with Gasteiger partial charge in [0.1, 0.15) is 24.2 Å². The monoisotopic (exact) mass is 1060 g/mol. The number of ether oxygens (including phenoxy) is 4. The van der Waals surface area contributed by atoms with Crippen LogP contribution in [0.3, 0.4) is 0 Å². The topological polar surface area (TPSA) is 335 Å². The standard InChI is InChI=1S/C54H78BNO19/c1-31-17-15-13-11-9-7-5-6-8-10-12-14-16-18-40(74-53-51(66)48(50(65)34(4)73-53)56-36-20-19-35-30-71-55(70)41(35)23-36)27-45-47(52(67)68)44(62)29-54(69,75-45)28-39(59)25-43(61)42(60)22-21-37(57)24-38(58)26-46(63)72-33(3)32(2)49(31)64/h5-20,23,31-34,37-40,42-45,47-51,53,56-62,64-66,69-70H,21-22,24-30H2,1-4H3,(H,67,68)/t31-,32-,33-,34+,37+,38+,39-,40-,42+,43+,44-,45-,47+,48-,49+,50+,51-,53-,54+/m0/s1. The molecule has 5 rings (SSSR count). The summed E-state index contributed by atoms with van der Waals surface area (Å²) >= 11 is 0. The normalized spacial score (nSPS) is 38.7. The minimum Gasteiger partial charge on any atom is -0.481 e. The van der Waals surface area contributed by atoms with Crippen LogP contribution < -0.4 is 10.8 Å². The van der Waals surface area contributed by atoms with E-state index in [1.165, 1.54) is 6.08 Å².